The monoisotopic (exact) mass is 320 g/mol. The van der Waals surface area contributed by atoms with Crippen molar-refractivity contribution in [2.45, 2.75) is 6.92 Å². The summed E-state index contributed by atoms with van der Waals surface area (Å²) in [6, 6.07) is 11.1. The number of benzene rings is 1. The zero-order valence-electron chi connectivity index (χ0n) is 13.7. The number of hydrogen-bond donors (Lipinski definition) is 0. The zero-order chi connectivity index (χ0) is 17.3. The molecule has 0 saturated heterocycles. The van der Waals surface area contributed by atoms with Gasteiger partial charge >= 0.3 is 0 Å². The number of aromatic nitrogens is 1. The molecular formula is C19H16N2O3. The highest BCUT2D eigenvalue weighted by Crippen LogP contribution is 2.28. The highest BCUT2D eigenvalue weighted by Gasteiger charge is 2.13. The van der Waals surface area contributed by atoms with E-state index in [2.05, 4.69) is 6.07 Å². The Kier molecular flexibility index (Phi) is 3.97. The van der Waals surface area contributed by atoms with E-state index in [4.69, 9.17) is 14.4 Å². The molecule has 0 unspecified atom stereocenters. The van der Waals surface area contributed by atoms with Gasteiger partial charge in [0.15, 0.2) is 17.1 Å². The summed E-state index contributed by atoms with van der Waals surface area (Å²) < 4.78 is 12.7. The zero-order valence-corrected chi connectivity index (χ0v) is 13.7. The molecule has 0 N–H and O–H groups in total. The number of nitriles is 1. The van der Waals surface area contributed by atoms with Crippen LogP contribution in [-0.2, 0) is 7.05 Å². The van der Waals surface area contributed by atoms with Gasteiger partial charge in [0.25, 0.3) is 0 Å². The first kappa shape index (κ1) is 15.6. The molecule has 0 aliphatic rings. The van der Waals surface area contributed by atoms with Gasteiger partial charge in [0.1, 0.15) is 11.8 Å². The third kappa shape index (κ3) is 2.59. The Morgan fingerprint density at radius 2 is 2.17 bits per heavy atom. The van der Waals surface area contributed by atoms with E-state index in [-0.39, 0.29) is 11.5 Å². The molecule has 0 aliphatic heterocycles. The number of allylic oxidation sites excluding steroid dienone is 1. The molecule has 3 rings (SSSR count). The van der Waals surface area contributed by atoms with Gasteiger partial charge in [-0.05, 0) is 42.8 Å². The van der Waals surface area contributed by atoms with Gasteiger partial charge in [0, 0.05) is 18.1 Å². The van der Waals surface area contributed by atoms with E-state index in [1.165, 1.54) is 6.08 Å². The lowest BCUT2D eigenvalue weighted by Gasteiger charge is -1.98. The van der Waals surface area contributed by atoms with Crippen molar-refractivity contribution in [3.63, 3.8) is 0 Å². The van der Waals surface area contributed by atoms with Gasteiger partial charge in [-0.3, -0.25) is 4.79 Å². The van der Waals surface area contributed by atoms with Crippen LogP contribution in [0.15, 0.2) is 40.8 Å². The summed E-state index contributed by atoms with van der Waals surface area (Å²) in [5, 5.41) is 9.87. The second kappa shape index (κ2) is 6.09. The fraction of sp³-hybridized carbons (Fsp3) is 0.158. The van der Waals surface area contributed by atoms with Crippen LogP contribution in [0.5, 0.6) is 5.75 Å². The molecule has 5 heteroatoms. The first-order chi connectivity index (χ1) is 11.5. The topological polar surface area (TPSA) is 68.2 Å². The highest BCUT2D eigenvalue weighted by molar-refractivity contribution is 6.07. The average molecular weight is 320 g/mol. The normalized spacial score (nSPS) is 11.1. The maximum atomic E-state index is 12.4. The molecule has 5 nitrogen and oxygen atoms in total. The second-order valence-corrected chi connectivity index (χ2v) is 5.43. The van der Waals surface area contributed by atoms with Crippen molar-refractivity contribution in [1.29, 1.82) is 5.26 Å². The summed E-state index contributed by atoms with van der Waals surface area (Å²) in [5.41, 5.74) is 2.85. The van der Waals surface area contributed by atoms with Gasteiger partial charge in [-0.25, -0.2) is 0 Å². The van der Waals surface area contributed by atoms with Gasteiger partial charge in [-0.1, -0.05) is 12.1 Å². The third-order valence-corrected chi connectivity index (χ3v) is 4.07. The fourth-order valence-electron chi connectivity index (χ4n) is 2.56. The summed E-state index contributed by atoms with van der Waals surface area (Å²) in [6.45, 7) is 1.90. The number of methoxy groups -OCH3 is 1. The maximum absolute atomic E-state index is 12.4. The van der Waals surface area contributed by atoms with Crippen molar-refractivity contribution in [2.75, 3.05) is 7.11 Å². The molecule has 0 aliphatic carbocycles. The Morgan fingerprint density at radius 3 is 2.83 bits per heavy atom. The summed E-state index contributed by atoms with van der Waals surface area (Å²) in [7, 11) is 3.38. The molecule has 2 heterocycles. The van der Waals surface area contributed by atoms with Crippen molar-refractivity contribution < 1.29 is 13.9 Å². The van der Waals surface area contributed by atoms with Crippen LogP contribution in [0.3, 0.4) is 0 Å². The van der Waals surface area contributed by atoms with Crippen molar-refractivity contribution in [1.82, 2.24) is 4.57 Å². The third-order valence-electron chi connectivity index (χ3n) is 4.07. The molecule has 0 saturated carbocycles. The van der Waals surface area contributed by atoms with Crippen molar-refractivity contribution in [2.24, 2.45) is 7.05 Å². The summed E-state index contributed by atoms with van der Waals surface area (Å²) >= 11 is 0. The highest BCUT2D eigenvalue weighted by atomic mass is 16.5. The number of nitrogens with zero attached hydrogens (tertiary/aromatic N) is 2. The Hall–Kier alpha value is -3.26. The van der Waals surface area contributed by atoms with Crippen molar-refractivity contribution in [3.05, 3.63) is 59.1 Å². The molecule has 120 valence electrons. The number of hydrogen-bond acceptors (Lipinski definition) is 4. The number of ketones is 1. The first-order valence-corrected chi connectivity index (χ1v) is 7.40. The smallest absolute Gasteiger partial charge is 0.221 e. The summed E-state index contributed by atoms with van der Waals surface area (Å²) in [4.78, 5) is 12.4. The number of ether oxygens (including phenoxy) is 1. The number of fused-ring (bicyclic) bond motifs is 1. The fourth-order valence-corrected chi connectivity index (χ4v) is 2.56. The molecular weight excluding hydrogens is 304 g/mol. The number of furan rings is 1. The van der Waals surface area contributed by atoms with Gasteiger partial charge in [-0.2, -0.15) is 5.26 Å². The van der Waals surface area contributed by atoms with E-state index >= 15 is 0 Å². The first-order valence-electron chi connectivity index (χ1n) is 7.40. The molecule has 0 atom stereocenters. The minimum atomic E-state index is -0.241. The van der Waals surface area contributed by atoms with E-state index in [1.54, 1.807) is 36.0 Å². The lowest BCUT2D eigenvalue weighted by molar-refractivity contribution is 0.102. The Balaban J connectivity index is 1.92. The SMILES string of the molecule is COc1cccc2cc(C(=O)/C=C/c3cc(C#N)n(C)c3C)oc12. The Bertz CT molecular complexity index is 1000. The maximum Gasteiger partial charge on any atom is 0.221 e. The van der Waals surface area contributed by atoms with Crippen molar-refractivity contribution in [3.8, 4) is 11.8 Å². The average Bonchev–Trinajstić information content (AvgIpc) is 3.15. The predicted octanol–water partition coefficient (Wildman–Crippen LogP) is 3.86. The molecule has 0 fully saturated rings. The summed E-state index contributed by atoms with van der Waals surface area (Å²) in [6.07, 6.45) is 3.15. The van der Waals surface area contributed by atoms with Gasteiger partial charge in [0.2, 0.25) is 5.78 Å². The van der Waals surface area contributed by atoms with Gasteiger partial charge in [-0.15, -0.1) is 0 Å². The molecule has 2 aromatic heterocycles. The van der Waals surface area contributed by atoms with E-state index < -0.39 is 0 Å². The van der Waals surface area contributed by atoms with Crippen molar-refractivity contribution >= 4 is 22.8 Å². The van der Waals surface area contributed by atoms with Crippen LogP contribution in [0.1, 0.15) is 27.5 Å². The van der Waals surface area contributed by atoms with Crippen LogP contribution in [-0.4, -0.2) is 17.5 Å². The van der Waals surface area contributed by atoms with E-state index in [1.807, 2.05) is 26.1 Å². The molecule has 1 aromatic carbocycles. The largest absolute Gasteiger partial charge is 0.493 e. The Morgan fingerprint density at radius 1 is 1.38 bits per heavy atom. The number of para-hydroxylation sites is 1. The molecule has 0 spiro atoms. The Labute approximate surface area is 139 Å². The molecule has 0 radical (unpaired) electrons. The number of carbonyl (C=O) groups is 1. The van der Waals surface area contributed by atoms with E-state index in [9.17, 15) is 4.79 Å². The summed E-state index contributed by atoms with van der Waals surface area (Å²) in [5.74, 6) is 0.600. The minimum absolute atomic E-state index is 0.241. The van der Waals surface area contributed by atoms with Crippen LogP contribution >= 0.6 is 0 Å². The lowest BCUT2D eigenvalue weighted by Crippen LogP contribution is -1.94. The molecule has 24 heavy (non-hydrogen) atoms. The van der Waals surface area contributed by atoms with Gasteiger partial charge < -0.3 is 13.7 Å². The number of carbonyl (C=O) groups excluding carboxylic acids is 1. The standard InChI is InChI=1S/C19H16N2O3/c1-12-13(9-15(11-20)21(12)2)7-8-16(22)18-10-14-5-4-6-17(23-3)19(14)24-18/h4-10H,1-3H3/b8-7+. The molecule has 0 bridgehead atoms. The minimum Gasteiger partial charge on any atom is -0.493 e. The van der Waals surface area contributed by atoms with Crippen LogP contribution in [0.2, 0.25) is 0 Å². The molecule has 3 aromatic rings. The van der Waals surface area contributed by atoms with E-state index in [0.29, 0.717) is 17.0 Å². The van der Waals surface area contributed by atoms with E-state index in [0.717, 1.165) is 16.6 Å². The van der Waals surface area contributed by atoms with Gasteiger partial charge in [0.05, 0.1) is 7.11 Å². The van der Waals surface area contributed by atoms with Crippen LogP contribution in [0.25, 0.3) is 17.0 Å². The lowest BCUT2D eigenvalue weighted by atomic mass is 10.2. The quantitative estimate of drug-likeness (QED) is 0.541. The predicted molar refractivity (Wildman–Crippen MR) is 91.0 cm³/mol. The molecule has 0 amide bonds. The second-order valence-electron chi connectivity index (χ2n) is 5.43. The number of rotatable bonds is 4. The van der Waals surface area contributed by atoms with Crippen LogP contribution in [0, 0.1) is 18.3 Å². The van der Waals surface area contributed by atoms with Crippen LogP contribution in [0.4, 0.5) is 0 Å². The van der Waals surface area contributed by atoms with Crippen LogP contribution < -0.4 is 4.74 Å².